The highest BCUT2D eigenvalue weighted by molar-refractivity contribution is 6.39. The second-order valence-corrected chi connectivity index (χ2v) is 11.2. The van der Waals surface area contributed by atoms with E-state index in [1.165, 1.54) is 86.9 Å². The first-order valence-electron chi connectivity index (χ1n) is 14.6. The maximum Gasteiger partial charge on any atom is -0.00139 e. The van der Waals surface area contributed by atoms with Gasteiger partial charge in [0.15, 0.2) is 0 Å². The van der Waals surface area contributed by atoms with Crippen LogP contribution in [0.15, 0.2) is 158 Å². The number of fused-ring (bicyclic) bond motifs is 12. The summed E-state index contributed by atoms with van der Waals surface area (Å²) in [5.74, 6) is 0. The van der Waals surface area contributed by atoms with Gasteiger partial charge >= 0.3 is 0 Å². The van der Waals surface area contributed by atoms with Crippen molar-refractivity contribution in [1.29, 1.82) is 0 Å². The fourth-order valence-electron chi connectivity index (χ4n) is 7.22. The summed E-state index contributed by atoms with van der Waals surface area (Å²) in [6.45, 7) is 0. The lowest BCUT2D eigenvalue weighted by molar-refractivity contribution is 1.62. The monoisotopic (exact) mass is 530 g/mol. The van der Waals surface area contributed by atoms with E-state index in [4.69, 9.17) is 0 Å². The van der Waals surface area contributed by atoms with E-state index in [-0.39, 0.29) is 0 Å². The average molecular weight is 531 g/mol. The molecule has 0 heteroatoms. The third kappa shape index (κ3) is 3.30. The van der Waals surface area contributed by atoms with Crippen LogP contribution in [0.1, 0.15) is 0 Å². The van der Waals surface area contributed by atoms with Crippen molar-refractivity contribution in [1.82, 2.24) is 0 Å². The van der Waals surface area contributed by atoms with Crippen molar-refractivity contribution in [2.24, 2.45) is 0 Å². The van der Waals surface area contributed by atoms with E-state index in [1.54, 1.807) is 0 Å². The largest absolute Gasteiger partial charge is 0.0616 e. The SMILES string of the molecule is c1ccc(-c2cccc3ccccc23)c(-c2ccc3c(c2)c2ccccc2c2c4ccccc4c4ccccc4c32)c1. The predicted octanol–water partition coefficient (Wildman–Crippen LogP) is 11.9. The third-order valence-electron chi connectivity index (χ3n) is 9.03. The summed E-state index contributed by atoms with van der Waals surface area (Å²) in [6, 6.07) is 58.0. The zero-order valence-corrected chi connectivity index (χ0v) is 23.0. The molecule has 0 N–H and O–H groups in total. The van der Waals surface area contributed by atoms with Crippen molar-refractivity contribution in [3.8, 4) is 22.3 Å². The molecule has 0 spiro atoms. The summed E-state index contributed by atoms with van der Waals surface area (Å²) in [5.41, 5.74) is 5.02. The summed E-state index contributed by atoms with van der Waals surface area (Å²) < 4.78 is 0. The standard InChI is InChI=1S/C42H26/c1-2-14-29-27(12-1)13-11-23-32(29)31-16-4-3-15-30(31)28-24-25-39-40(26-28)35-19-7-10-22-38(35)41-36-20-8-5-17-33(36)34-18-6-9-21-37(34)42(39)41/h1-26H. The van der Waals surface area contributed by atoms with E-state index in [0.29, 0.717) is 0 Å². The van der Waals surface area contributed by atoms with E-state index in [1.807, 2.05) is 0 Å². The Morgan fingerprint density at radius 1 is 0.238 bits per heavy atom. The first-order chi connectivity index (χ1) is 20.9. The molecule has 0 unspecified atom stereocenters. The van der Waals surface area contributed by atoms with Crippen molar-refractivity contribution in [3.05, 3.63) is 158 Å². The third-order valence-corrected chi connectivity index (χ3v) is 9.03. The maximum atomic E-state index is 2.42. The minimum absolute atomic E-state index is 1.24. The fourth-order valence-corrected chi connectivity index (χ4v) is 7.22. The molecule has 9 aromatic rings. The molecule has 0 amide bonds. The topological polar surface area (TPSA) is 0 Å². The van der Waals surface area contributed by atoms with Gasteiger partial charge in [-0.2, -0.15) is 0 Å². The molecule has 194 valence electrons. The number of hydrogen-bond donors (Lipinski definition) is 0. The minimum atomic E-state index is 1.24. The van der Waals surface area contributed by atoms with Crippen molar-refractivity contribution >= 4 is 64.6 Å². The second-order valence-electron chi connectivity index (χ2n) is 11.2. The van der Waals surface area contributed by atoms with Crippen LogP contribution >= 0.6 is 0 Å². The van der Waals surface area contributed by atoms with E-state index in [9.17, 15) is 0 Å². The zero-order chi connectivity index (χ0) is 27.6. The molecule has 0 aliphatic rings. The first kappa shape index (κ1) is 23.3. The lowest BCUT2D eigenvalue weighted by Gasteiger charge is -2.18. The smallest absolute Gasteiger partial charge is 0.00139 e. The second kappa shape index (κ2) is 9.03. The molecule has 0 atom stereocenters. The van der Waals surface area contributed by atoms with Gasteiger partial charge in [0.05, 0.1) is 0 Å². The Morgan fingerprint density at radius 2 is 0.667 bits per heavy atom. The minimum Gasteiger partial charge on any atom is -0.0616 e. The number of rotatable bonds is 2. The summed E-state index contributed by atoms with van der Waals surface area (Å²) >= 11 is 0. The van der Waals surface area contributed by atoms with Crippen LogP contribution in [0.4, 0.5) is 0 Å². The van der Waals surface area contributed by atoms with Crippen LogP contribution in [-0.4, -0.2) is 0 Å². The van der Waals surface area contributed by atoms with Gasteiger partial charge in [0.1, 0.15) is 0 Å². The Labute approximate surface area is 244 Å². The van der Waals surface area contributed by atoms with Crippen molar-refractivity contribution in [2.75, 3.05) is 0 Å². The molecule has 0 aromatic heterocycles. The molecule has 0 aliphatic heterocycles. The quantitative estimate of drug-likeness (QED) is 0.195. The van der Waals surface area contributed by atoms with Crippen molar-refractivity contribution in [3.63, 3.8) is 0 Å². The number of hydrogen-bond acceptors (Lipinski definition) is 0. The number of benzene rings is 9. The predicted molar refractivity (Wildman–Crippen MR) is 182 cm³/mol. The van der Waals surface area contributed by atoms with Crippen LogP contribution in [0.3, 0.4) is 0 Å². The van der Waals surface area contributed by atoms with Crippen LogP contribution in [0.2, 0.25) is 0 Å². The van der Waals surface area contributed by atoms with Gasteiger partial charge in [0.25, 0.3) is 0 Å². The molecule has 0 aliphatic carbocycles. The van der Waals surface area contributed by atoms with Gasteiger partial charge in [-0.05, 0) is 93.0 Å². The van der Waals surface area contributed by atoms with Gasteiger partial charge < -0.3 is 0 Å². The zero-order valence-electron chi connectivity index (χ0n) is 23.0. The normalized spacial score (nSPS) is 11.8. The van der Waals surface area contributed by atoms with Gasteiger partial charge in [-0.25, -0.2) is 0 Å². The van der Waals surface area contributed by atoms with Gasteiger partial charge in [-0.1, -0.05) is 152 Å². The summed E-state index contributed by atoms with van der Waals surface area (Å²) in [5, 5.41) is 15.7. The first-order valence-corrected chi connectivity index (χ1v) is 14.6. The van der Waals surface area contributed by atoms with E-state index in [2.05, 4.69) is 158 Å². The molecule has 0 nitrogen and oxygen atoms in total. The molecule has 0 fully saturated rings. The molecule has 9 rings (SSSR count). The van der Waals surface area contributed by atoms with Gasteiger partial charge in [0.2, 0.25) is 0 Å². The molecule has 0 heterocycles. The van der Waals surface area contributed by atoms with Crippen LogP contribution in [0.5, 0.6) is 0 Å². The van der Waals surface area contributed by atoms with E-state index < -0.39 is 0 Å². The molecule has 0 radical (unpaired) electrons. The van der Waals surface area contributed by atoms with Gasteiger partial charge in [-0.15, -0.1) is 0 Å². The fraction of sp³-hybridized carbons (Fsp3) is 0. The molecular formula is C42H26. The molecule has 42 heavy (non-hydrogen) atoms. The van der Waals surface area contributed by atoms with Crippen LogP contribution in [0.25, 0.3) is 86.9 Å². The maximum absolute atomic E-state index is 2.42. The highest BCUT2D eigenvalue weighted by Crippen LogP contribution is 2.45. The highest BCUT2D eigenvalue weighted by Gasteiger charge is 2.17. The van der Waals surface area contributed by atoms with Crippen LogP contribution in [-0.2, 0) is 0 Å². The highest BCUT2D eigenvalue weighted by atomic mass is 14.2. The molecule has 0 saturated heterocycles. The van der Waals surface area contributed by atoms with E-state index >= 15 is 0 Å². The van der Waals surface area contributed by atoms with E-state index in [0.717, 1.165) is 0 Å². The average Bonchev–Trinajstić information content (AvgIpc) is 3.07. The van der Waals surface area contributed by atoms with Gasteiger partial charge in [0, 0.05) is 0 Å². The molecule has 0 saturated carbocycles. The Morgan fingerprint density at radius 3 is 1.31 bits per heavy atom. The summed E-state index contributed by atoms with van der Waals surface area (Å²) in [7, 11) is 0. The molecule has 0 bridgehead atoms. The van der Waals surface area contributed by atoms with Gasteiger partial charge in [-0.3, -0.25) is 0 Å². The lowest BCUT2D eigenvalue weighted by Crippen LogP contribution is -1.90. The van der Waals surface area contributed by atoms with Crippen LogP contribution < -0.4 is 0 Å². The Balaban J connectivity index is 1.41. The lowest BCUT2D eigenvalue weighted by atomic mass is 9.85. The Kier molecular flexibility index (Phi) is 5.00. The summed E-state index contributed by atoms with van der Waals surface area (Å²) in [6.07, 6.45) is 0. The van der Waals surface area contributed by atoms with Crippen molar-refractivity contribution < 1.29 is 0 Å². The Hall–Kier alpha value is -5.46. The Bertz CT molecular complexity index is 2510. The van der Waals surface area contributed by atoms with Crippen molar-refractivity contribution in [2.45, 2.75) is 0 Å². The van der Waals surface area contributed by atoms with Crippen LogP contribution in [0, 0.1) is 0 Å². The molecular weight excluding hydrogens is 504 g/mol. The summed E-state index contributed by atoms with van der Waals surface area (Å²) in [4.78, 5) is 0. The molecule has 9 aromatic carbocycles.